The molecule has 1 fully saturated rings. The van der Waals surface area contributed by atoms with Crippen LogP contribution in [0.25, 0.3) is 11.2 Å². The van der Waals surface area contributed by atoms with E-state index >= 15 is 0 Å². The average molecular weight is 478 g/mol. The predicted octanol–water partition coefficient (Wildman–Crippen LogP) is 2.24. The SMILES string of the molecule is CCC(CC)(CC1OC(n2cnc3c(Cl)nc(N)nc32)C(O)C1O)OP(=O)(O)C(C)C. The second-order valence-electron chi connectivity index (χ2n) is 8.09. The summed E-state index contributed by atoms with van der Waals surface area (Å²) in [6, 6.07) is 0. The number of imidazole rings is 1. The van der Waals surface area contributed by atoms with Gasteiger partial charge in [0.05, 0.1) is 23.7 Å². The number of anilines is 1. The number of hydrogen-bond donors (Lipinski definition) is 4. The van der Waals surface area contributed by atoms with Crippen LogP contribution in [0.3, 0.4) is 0 Å². The van der Waals surface area contributed by atoms with Gasteiger partial charge in [0, 0.05) is 6.42 Å². The Morgan fingerprint density at radius 2 is 1.97 bits per heavy atom. The predicted molar refractivity (Wildman–Crippen MR) is 115 cm³/mol. The Kier molecular flexibility index (Phi) is 6.98. The van der Waals surface area contributed by atoms with Crippen LogP contribution >= 0.6 is 19.2 Å². The molecule has 0 bridgehead atoms. The van der Waals surface area contributed by atoms with Crippen LogP contribution in [0.4, 0.5) is 5.95 Å². The van der Waals surface area contributed by atoms with Gasteiger partial charge in [0.2, 0.25) is 5.95 Å². The smallest absolute Gasteiger partial charge is 0.331 e. The molecule has 2 aromatic heterocycles. The summed E-state index contributed by atoms with van der Waals surface area (Å²) in [5.74, 6) is -0.0689. The number of nitrogen functional groups attached to an aromatic ring is 1. The molecular formula is C18H29ClN5O6P. The van der Waals surface area contributed by atoms with E-state index in [1.54, 1.807) is 13.8 Å². The summed E-state index contributed by atoms with van der Waals surface area (Å²) < 4.78 is 25.7. The highest BCUT2D eigenvalue weighted by Crippen LogP contribution is 2.53. The van der Waals surface area contributed by atoms with Crippen molar-refractivity contribution in [3.8, 4) is 0 Å². The summed E-state index contributed by atoms with van der Waals surface area (Å²) in [4.78, 5) is 22.4. The monoisotopic (exact) mass is 477 g/mol. The molecule has 0 saturated carbocycles. The first-order valence-electron chi connectivity index (χ1n) is 10.1. The Hall–Kier alpha value is -1.33. The molecule has 0 aliphatic carbocycles. The summed E-state index contributed by atoms with van der Waals surface area (Å²) in [5, 5.41) is 21.4. The van der Waals surface area contributed by atoms with Crippen LogP contribution in [0.15, 0.2) is 6.33 Å². The lowest BCUT2D eigenvalue weighted by atomic mass is 9.88. The Balaban J connectivity index is 1.89. The highest BCUT2D eigenvalue weighted by Gasteiger charge is 2.49. The van der Waals surface area contributed by atoms with E-state index in [0.29, 0.717) is 12.8 Å². The molecule has 5 unspecified atom stereocenters. The maximum atomic E-state index is 12.6. The van der Waals surface area contributed by atoms with Crippen LogP contribution in [0.5, 0.6) is 0 Å². The number of ether oxygens (including phenoxy) is 1. The van der Waals surface area contributed by atoms with Crippen molar-refractivity contribution in [1.82, 2.24) is 19.5 Å². The molecule has 3 heterocycles. The first kappa shape index (κ1) is 24.3. The van der Waals surface area contributed by atoms with Crippen LogP contribution in [-0.2, 0) is 13.8 Å². The fourth-order valence-electron chi connectivity index (χ4n) is 3.67. The Morgan fingerprint density at radius 3 is 2.55 bits per heavy atom. The van der Waals surface area contributed by atoms with Crippen LogP contribution in [0.1, 0.15) is 53.2 Å². The Morgan fingerprint density at radius 1 is 1.32 bits per heavy atom. The molecule has 1 saturated heterocycles. The number of aliphatic hydroxyl groups is 2. The van der Waals surface area contributed by atoms with Crippen molar-refractivity contribution in [2.45, 2.75) is 82.8 Å². The highest BCUT2D eigenvalue weighted by molar-refractivity contribution is 7.53. The van der Waals surface area contributed by atoms with Gasteiger partial charge in [-0.3, -0.25) is 9.13 Å². The second kappa shape index (κ2) is 8.90. The third-order valence-corrected chi connectivity index (χ3v) is 8.06. The van der Waals surface area contributed by atoms with Crippen molar-refractivity contribution in [3.05, 3.63) is 11.5 Å². The summed E-state index contributed by atoms with van der Waals surface area (Å²) in [6.45, 7) is 6.90. The van der Waals surface area contributed by atoms with Crippen molar-refractivity contribution in [2.75, 3.05) is 5.73 Å². The molecule has 0 amide bonds. The zero-order valence-corrected chi connectivity index (χ0v) is 19.5. The molecule has 1 aliphatic heterocycles. The van der Waals surface area contributed by atoms with E-state index in [1.807, 2.05) is 13.8 Å². The van der Waals surface area contributed by atoms with Crippen molar-refractivity contribution >= 4 is 36.3 Å². The van der Waals surface area contributed by atoms with Gasteiger partial charge in [0.25, 0.3) is 0 Å². The van der Waals surface area contributed by atoms with Gasteiger partial charge in [-0.15, -0.1) is 0 Å². The minimum Gasteiger partial charge on any atom is -0.388 e. The third kappa shape index (κ3) is 4.59. The maximum Gasteiger partial charge on any atom is 0.331 e. The third-order valence-electron chi connectivity index (χ3n) is 5.85. The molecule has 3 rings (SSSR count). The lowest BCUT2D eigenvalue weighted by Gasteiger charge is -2.37. The fraction of sp³-hybridized carbons (Fsp3) is 0.722. The molecule has 31 heavy (non-hydrogen) atoms. The van der Waals surface area contributed by atoms with Gasteiger partial charge in [-0.1, -0.05) is 39.3 Å². The normalized spacial score (nSPS) is 26.6. The number of rotatable bonds is 8. The number of nitrogens with zero attached hydrogens (tertiary/aromatic N) is 4. The minimum absolute atomic E-state index is 0.0580. The van der Waals surface area contributed by atoms with Crippen molar-refractivity contribution in [2.24, 2.45) is 0 Å². The topological polar surface area (TPSA) is 166 Å². The molecule has 13 heteroatoms. The van der Waals surface area contributed by atoms with Gasteiger partial charge >= 0.3 is 7.60 Å². The zero-order chi connectivity index (χ0) is 23.1. The second-order valence-corrected chi connectivity index (χ2v) is 10.8. The van der Waals surface area contributed by atoms with Crippen molar-refractivity contribution in [1.29, 1.82) is 0 Å². The van der Waals surface area contributed by atoms with Crippen molar-refractivity contribution < 1.29 is 28.9 Å². The summed E-state index contributed by atoms with van der Waals surface area (Å²) in [5.41, 5.74) is 4.62. The van der Waals surface area contributed by atoms with E-state index in [4.69, 9.17) is 26.6 Å². The number of fused-ring (bicyclic) bond motifs is 1. The molecule has 1 aliphatic rings. The van der Waals surface area contributed by atoms with E-state index in [2.05, 4.69) is 15.0 Å². The number of aliphatic hydroxyl groups excluding tert-OH is 2. The summed E-state index contributed by atoms with van der Waals surface area (Å²) in [7, 11) is -3.88. The highest BCUT2D eigenvalue weighted by atomic mass is 35.5. The van der Waals surface area contributed by atoms with E-state index in [0.717, 1.165) is 0 Å². The minimum atomic E-state index is -3.88. The molecule has 5 N–H and O–H groups in total. The zero-order valence-electron chi connectivity index (χ0n) is 17.8. The molecule has 0 spiro atoms. The molecule has 11 nitrogen and oxygen atoms in total. The van der Waals surface area contributed by atoms with E-state index < -0.39 is 43.4 Å². The van der Waals surface area contributed by atoms with Crippen LogP contribution in [-0.4, -0.2) is 64.2 Å². The van der Waals surface area contributed by atoms with E-state index in [-0.39, 0.29) is 28.7 Å². The number of halogens is 1. The first-order valence-corrected chi connectivity index (χ1v) is 12.2. The summed E-state index contributed by atoms with van der Waals surface area (Å²) in [6.07, 6.45) is -2.14. The largest absolute Gasteiger partial charge is 0.388 e. The fourth-order valence-corrected chi connectivity index (χ4v) is 4.98. The summed E-state index contributed by atoms with van der Waals surface area (Å²) >= 11 is 6.06. The van der Waals surface area contributed by atoms with Crippen LogP contribution in [0, 0.1) is 0 Å². The molecule has 174 valence electrons. The van der Waals surface area contributed by atoms with E-state index in [9.17, 15) is 19.7 Å². The van der Waals surface area contributed by atoms with Crippen LogP contribution in [0.2, 0.25) is 5.15 Å². The van der Waals surface area contributed by atoms with E-state index in [1.165, 1.54) is 10.9 Å². The first-order chi connectivity index (χ1) is 14.4. The van der Waals surface area contributed by atoms with Crippen molar-refractivity contribution in [3.63, 3.8) is 0 Å². The van der Waals surface area contributed by atoms with Gasteiger partial charge in [-0.25, -0.2) is 4.98 Å². The number of aromatic nitrogens is 4. The number of hydrogen-bond acceptors (Lipinski definition) is 9. The molecule has 5 atom stereocenters. The lowest BCUT2D eigenvalue weighted by Crippen LogP contribution is -2.40. The van der Waals surface area contributed by atoms with Crippen LogP contribution < -0.4 is 5.73 Å². The van der Waals surface area contributed by atoms with Gasteiger partial charge in [0.15, 0.2) is 17.0 Å². The van der Waals surface area contributed by atoms with Gasteiger partial charge in [-0.2, -0.15) is 9.97 Å². The average Bonchev–Trinajstić information content (AvgIpc) is 3.23. The van der Waals surface area contributed by atoms with Gasteiger partial charge in [-0.05, 0) is 12.8 Å². The quantitative estimate of drug-likeness (QED) is 0.327. The Labute approximate surface area is 185 Å². The molecular weight excluding hydrogens is 449 g/mol. The molecule has 0 aromatic carbocycles. The molecule has 2 aromatic rings. The number of nitrogens with two attached hydrogens (primary N) is 1. The molecule has 0 radical (unpaired) electrons. The lowest BCUT2D eigenvalue weighted by molar-refractivity contribution is -0.0712. The maximum absolute atomic E-state index is 12.6. The standard InChI is InChI=1S/C18H29ClN5O6P/c1-5-18(6-2,30-31(27,28)9(3)4)7-10-12(25)13(26)16(29-10)24-8-21-11-14(19)22-17(20)23-15(11)24/h8-10,12-13,16,25-26H,5-7H2,1-4H3,(H,27,28)(H2,20,22,23). The van der Waals surface area contributed by atoms with Gasteiger partial charge < -0.3 is 30.1 Å². The van der Waals surface area contributed by atoms with Gasteiger partial charge in [0.1, 0.15) is 17.7 Å². The Bertz CT molecular complexity index is 984.